The van der Waals surface area contributed by atoms with Crippen molar-refractivity contribution in [2.75, 3.05) is 13.7 Å². The lowest BCUT2D eigenvalue weighted by molar-refractivity contribution is -0.143. The molecule has 0 spiro atoms. The number of ether oxygens (including phenoxy) is 2. The SMILES string of the molecule is COc1ccc(C(=O)NCC(=O)OCc2ccccc2Br)cc1. The van der Waals surface area contributed by atoms with Crippen molar-refractivity contribution in [2.24, 2.45) is 0 Å². The molecule has 120 valence electrons. The maximum atomic E-state index is 11.9. The average molecular weight is 378 g/mol. The Kier molecular flexibility index (Phi) is 6.17. The summed E-state index contributed by atoms with van der Waals surface area (Å²) < 4.78 is 11.0. The van der Waals surface area contributed by atoms with Crippen LogP contribution in [-0.4, -0.2) is 25.5 Å². The molecule has 0 saturated carbocycles. The second-order valence-corrected chi connectivity index (χ2v) is 5.52. The third kappa shape index (κ3) is 5.10. The Hall–Kier alpha value is -2.34. The first-order chi connectivity index (χ1) is 11.1. The molecule has 0 bridgehead atoms. The summed E-state index contributed by atoms with van der Waals surface area (Å²) in [6.07, 6.45) is 0. The maximum absolute atomic E-state index is 11.9. The number of benzene rings is 2. The average Bonchev–Trinajstić information content (AvgIpc) is 2.59. The second kappa shape index (κ2) is 8.33. The summed E-state index contributed by atoms with van der Waals surface area (Å²) in [5, 5.41) is 2.52. The van der Waals surface area contributed by atoms with Crippen LogP contribution in [0.2, 0.25) is 0 Å². The van der Waals surface area contributed by atoms with E-state index in [9.17, 15) is 9.59 Å². The van der Waals surface area contributed by atoms with Crippen molar-refractivity contribution in [3.8, 4) is 5.75 Å². The van der Waals surface area contributed by atoms with Crippen LogP contribution in [0, 0.1) is 0 Å². The molecule has 0 unspecified atom stereocenters. The van der Waals surface area contributed by atoms with Gasteiger partial charge in [0.15, 0.2) is 0 Å². The number of carbonyl (C=O) groups is 2. The summed E-state index contributed by atoms with van der Waals surface area (Å²) in [7, 11) is 1.55. The van der Waals surface area contributed by atoms with Crippen LogP contribution in [0.3, 0.4) is 0 Å². The molecular weight excluding hydrogens is 362 g/mol. The molecule has 2 aromatic rings. The predicted molar refractivity (Wildman–Crippen MR) is 89.3 cm³/mol. The van der Waals surface area contributed by atoms with Crippen LogP contribution >= 0.6 is 15.9 Å². The third-order valence-corrected chi connectivity index (χ3v) is 3.87. The molecule has 5 nitrogen and oxygen atoms in total. The highest BCUT2D eigenvalue weighted by Gasteiger charge is 2.10. The van der Waals surface area contributed by atoms with Gasteiger partial charge in [-0.15, -0.1) is 0 Å². The van der Waals surface area contributed by atoms with E-state index in [1.165, 1.54) is 0 Å². The Morgan fingerprint density at radius 3 is 2.43 bits per heavy atom. The Balaban J connectivity index is 1.79. The van der Waals surface area contributed by atoms with E-state index in [0.717, 1.165) is 10.0 Å². The lowest BCUT2D eigenvalue weighted by Gasteiger charge is -2.08. The van der Waals surface area contributed by atoms with Crippen molar-refractivity contribution < 1.29 is 19.1 Å². The Bertz CT molecular complexity index is 685. The van der Waals surface area contributed by atoms with E-state index in [4.69, 9.17) is 9.47 Å². The van der Waals surface area contributed by atoms with Gasteiger partial charge in [0.05, 0.1) is 7.11 Å². The van der Waals surface area contributed by atoms with E-state index in [2.05, 4.69) is 21.2 Å². The molecule has 0 atom stereocenters. The highest BCUT2D eigenvalue weighted by molar-refractivity contribution is 9.10. The zero-order valence-corrected chi connectivity index (χ0v) is 14.1. The van der Waals surface area contributed by atoms with E-state index in [1.807, 2.05) is 24.3 Å². The van der Waals surface area contributed by atoms with Gasteiger partial charge in [0.2, 0.25) is 0 Å². The van der Waals surface area contributed by atoms with Crippen LogP contribution in [-0.2, 0) is 16.1 Å². The molecule has 0 saturated heterocycles. The van der Waals surface area contributed by atoms with Crippen molar-refractivity contribution >= 4 is 27.8 Å². The number of halogens is 1. The molecule has 1 N–H and O–H groups in total. The van der Waals surface area contributed by atoms with E-state index in [1.54, 1.807) is 31.4 Å². The number of hydrogen-bond donors (Lipinski definition) is 1. The molecule has 0 heterocycles. The fourth-order valence-corrected chi connectivity index (χ4v) is 2.22. The van der Waals surface area contributed by atoms with Gasteiger partial charge in [-0.25, -0.2) is 0 Å². The van der Waals surface area contributed by atoms with Crippen molar-refractivity contribution in [3.63, 3.8) is 0 Å². The van der Waals surface area contributed by atoms with E-state index >= 15 is 0 Å². The molecule has 0 fully saturated rings. The normalized spacial score (nSPS) is 10.0. The van der Waals surface area contributed by atoms with Crippen LogP contribution in [0.4, 0.5) is 0 Å². The summed E-state index contributed by atoms with van der Waals surface area (Å²) >= 11 is 3.38. The molecule has 6 heteroatoms. The lowest BCUT2D eigenvalue weighted by Crippen LogP contribution is -2.30. The predicted octanol–water partition coefficient (Wildman–Crippen LogP) is 2.93. The molecule has 0 aliphatic heterocycles. The standard InChI is InChI=1S/C17H16BrNO4/c1-22-14-8-6-12(7-9-14)17(21)19-10-16(20)23-11-13-4-2-3-5-15(13)18/h2-9H,10-11H2,1H3,(H,19,21). The van der Waals surface area contributed by atoms with Gasteiger partial charge in [0, 0.05) is 15.6 Å². The Labute approximate surface area is 142 Å². The quantitative estimate of drug-likeness (QED) is 0.786. The minimum atomic E-state index is -0.498. The van der Waals surface area contributed by atoms with Gasteiger partial charge in [-0.3, -0.25) is 9.59 Å². The minimum absolute atomic E-state index is 0.151. The molecule has 0 aromatic heterocycles. The van der Waals surface area contributed by atoms with Gasteiger partial charge in [-0.2, -0.15) is 0 Å². The zero-order valence-electron chi connectivity index (χ0n) is 12.5. The largest absolute Gasteiger partial charge is 0.497 e. The number of nitrogens with one attached hydrogen (secondary N) is 1. The monoisotopic (exact) mass is 377 g/mol. The Morgan fingerprint density at radius 2 is 1.78 bits per heavy atom. The lowest BCUT2D eigenvalue weighted by atomic mass is 10.2. The first kappa shape index (κ1) is 17.0. The van der Waals surface area contributed by atoms with Crippen molar-refractivity contribution in [2.45, 2.75) is 6.61 Å². The van der Waals surface area contributed by atoms with Crippen molar-refractivity contribution in [1.29, 1.82) is 0 Å². The molecule has 23 heavy (non-hydrogen) atoms. The number of amides is 1. The molecular formula is C17H16BrNO4. The second-order valence-electron chi connectivity index (χ2n) is 4.66. The van der Waals surface area contributed by atoms with E-state index in [-0.39, 0.29) is 19.1 Å². The molecule has 2 rings (SSSR count). The van der Waals surface area contributed by atoms with Crippen LogP contribution in [0.5, 0.6) is 5.75 Å². The maximum Gasteiger partial charge on any atom is 0.325 e. The van der Waals surface area contributed by atoms with Crippen LogP contribution in [0.15, 0.2) is 53.0 Å². The van der Waals surface area contributed by atoms with E-state index < -0.39 is 5.97 Å². The minimum Gasteiger partial charge on any atom is -0.497 e. The summed E-state index contributed by atoms with van der Waals surface area (Å²) in [6, 6.07) is 14.1. The molecule has 0 radical (unpaired) electrons. The van der Waals surface area contributed by atoms with Crippen LogP contribution in [0.1, 0.15) is 15.9 Å². The van der Waals surface area contributed by atoms with Gasteiger partial charge in [0.1, 0.15) is 18.9 Å². The van der Waals surface area contributed by atoms with E-state index in [0.29, 0.717) is 11.3 Å². The summed E-state index contributed by atoms with van der Waals surface area (Å²) in [6.45, 7) is -0.0338. The highest BCUT2D eigenvalue weighted by atomic mass is 79.9. The fourth-order valence-electron chi connectivity index (χ4n) is 1.82. The number of carbonyl (C=O) groups excluding carboxylic acids is 2. The summed E-state index contributed by atoms with van der Waals surface area (Å²) in [5.74, 6) is -0.178. The van der Waals surface area contributed by atoms with Gasteiger partial charge < -0.3 is 14.8 Å². The van der Waals surface area contributed by atoms with Crippen molar-refractivity contribution in [1.82, 2.24) is 5.32 Å². The smallest absolute Gasteiger partial charge is 0.325 e. The van der Waals surface area contributed by atoms with Crippen LogP contribution < -0.4 is 10.1 Å². The number of esters is 1. The first-order valence-corrected chi connectivity index (χ1v) is 7.70. The molecule has 0 aliphatic rings. The number of methoxy groups -OCH3 is 1. The van der Waals surface area contributed by atoms with Gasteiger partial charge in [-0.1, -0.05) is 34.1 Å². The fraction of sp³-hybridized carbons (Fsp3) is 0.176. The number of rotatable bonds is 6. The van der Waals surface area contributed by atoms with Crippen LogP contribution in [0.25, 0.3) is 0 Å². The molecule has 2 aromatic carbocycles. The molecule has 1 amide bonds. The first-order valence-electron chi connectivity index (χ1n) is 6.91. The zero-order chi connectivity index (χ0) is 16.7. The highest BCUT2D eigenvalue weighted by Crippen LogP contribution is 2.16. The summed E-state index contributed by atoms with van der Waals surface area (Å²) in [5.41, 5.74) is 1.31. The topological polar surface area (TPSA) is 64.6 Å². The van der Waals surface area contributed by atoms with Gasteiger partial charge in [-0.05, 0) is 30.3 Å². The van der Waals surface area contributed by atoms with Gasteiger partial charge >= 0.3 is 5.97 Å². The molecule has 0 aliphatic carbocycles. The number of hydrogen-bond acceptors (Lipinski definition) is 4. The van der Waals surface area contributed by atoms with Gasteiger partial charge in [0.25, 0.3) is 5.91 Å². The third-order valence-electron chi connectivity index (χ3n) is 3.09. The van der Waals surface area contributed by atoms with Crippen molar-refractivity contribution in [3.05, 3.63) is 64.1 Å². The summed E-state index contributed by atoms with van der Waals surface area (Å²) in [4.78, 5) is 23.6. The Morgan fingerprint density at radius 1 is 1.09 bits per heavy atom.